The van der Waals surface area contributed by atoms with Gasteiger partial charge in [-0.3, -0.25) is 9.89 Å². The maximum Gasteiger partial charge on any atom is 0.289 e. The van der Waals surface area contributed by atoms with Crippen molar-refractivity contribution in [1.82, 2.24) is 15.6 Å². The van der Waals surface area contributed by atoms with Gasteiger partial charge in [-0.05, 0) is 42.0 Å². The lowest BCUT2D eigenvalue weighted by Gasteiger charge is -2.10. The Labute approximate surface area is 192 Å². The first kappa shape index (κ1) is 21.3. The maximum atomic E-state index is 12.4. The molecule has 1 aromatic heterocycles. The van der Waals surface area contributed by atoms with E-state index in [4.69, 9.17) is 4.74 Å². The molecular formula is C24H19BrN4O3. The molecule has 32 heavy (non-hydrogen) atoms. The minimum Gasteiger partial charge on any atom is -0.507 e. The van der Waals surface area contributed by atoms with Crippen molar-refractivity contribution in [2.75, 3.05) is 0 Å². The molecule has 0 aliphatic carbocycles. The number of nitrogens with zero attached hydrogens (tertiary/aromatic N) is 2. The number of hydrogen-bond acceptors (Lipinski definition) is 5. The zero-order valence-electron chi connectivity index (χ0n) is 16.8. The Bertz CT molecular complexity index is 1260. The highest BCUT2D eigenvalue weighted by Gasteiger charge is 2.14. The summed E-state index contributed by atoms with van der Waals surface area (Å²) in [6.45, 7) is 0.423. The summed E-state index contributed by atoms with van der Waals surface area (Å²) in [6, 6.07) is 23.9. The van der Waals surface area contributed by atoms with Gasteiger partial charge in [-0.25, -0.2) is 5.43 Å². The van der Waals surface area contributed by atoms with Gasteiger partial charge >= 0.3 is 0 Å². The quantitative estimate of drug-likeness (QED) is 0.253. The Morgan fingerprint density at radius 3 is 2.72 bits per heavy atom. The largest absolute Gasteiger partial charge is 0.507 e. The van der Waals surface area contributed by atoms with E-state index in [9.17, 15) is 9.90 Å². The summed E-state index contributed by atoms with van der Waals surface area (Å²) < 4.78 is 6.76. The smallest absolute Gasteiger partial charge is 0.289 e. The summed E-state index contributed by atoms with van der Waals surface area (Å²) in [7, 11) is 0. The van der Waals surface area contributed by atoms with Crippen LogP contribution in [0, 0.1) is 0 Å². The van der Waals surface area contributed by atoms with E-state index in [2.05, 4.69) is 36.7 Å². The van der Waals surface area contributed by atoms with Gasteiger partial charge in [-0.2, -0.15) is 10.2 Å². The van der Waals surface area contributed by atoms with Gasteiger partial charge in [0.1, 0.15) is 23.8 Å². The minimum atomic E-state index is -0.461. The normalized spacial score (nSPS) is 10.9. The lowest BCUT2D eigenvalue weighted by atomic mass is 10.1. The lowest BCUT2D eigenvalue weighted by molar-refractivity contribution is 0.0950. The Balaban J connectivity index is 1.45. The van der Waals surface area contributed by atoms with Crippen molar-refractivity contribution in [2.45, 2.75) is 6.61 Å². The molecule has 0 atom stereocenters. The van der Waals surface area contributed by atoms with Gasteiger partial charge in [-0.1, -0.05) is 58.4 Å². The third-order valence-corrected chi connectivity index (χ3v) is 5.08. The monoisotopic (exact) mass is 490 g/mol. The fourth-order valence-corrected chi connectivity index (χ4v) is 3.34. The highest BCUT2D eigenvalue weighted by Crippen LogP contribution is 2.29. The summed E-state index contributed by atoms with van der Waals surface area (Å²) in [5.41, 5.74) is 5.53. The third-order valence-electron chi connectivity index (χ3n) is 4.58. The van der Waals surface area contributed by atoms with Gasteiger partial charge in [0.2, 0.25) is 0 Å². The number of phenolic OH excluding ortho intramolecular Hbond substituents is 1. The average Bonchev–Trinajstić information content (AvgIpc) is 3.31. The highest BCUT2D eigenvalue weighted by molar-refractivity contribution is 9.10. The predicted octanol–water partition coefficient (Wildman–Crippen LogP) is 4.89. The van der Waals surface area contributed by atoms with Gasteiger partial charge in [0, 0.05) is 15.6 Å². The van der Waals surface area contributed by atoms with Crippen molar-refractivity contribution in [3.8, 4) is 22.8 Å². The molecule has 0 saturated heterocycles. The molecule has 8 heteroatoms. The fourth-order valence-electron chi connectivity index (χ4n) is 2.96. The number of para-hydroxylation sites is 1. The Kier molecular flexibility index (Phi) is 6.62. The number of aromatic nitrogens is 2. The van der Waals surface area contributed by atoms with Crippen molar-refractivity contribution in [3.63, 3.8) is 0 Å². The molecule has 0 aliphatic heterocycles. The first-order valence-corrected chi connectivity index (χ1v) is 10.5. The Morgan fingerprint density at radius 1 is 1.09 bits per heavy atom. The first-order valence-electron chi connectivity index (χ1n) is 9.73. The van der Waals surface area contributed by atoms with Gasteiger partial charge < -0.3 is 9.84 Å². The third kappa shape index (κ3) is 5.22. The van der Waals surface area contributed by atoms with Crippen LogP contribution in [0.2, 0.25) is 0 Å². The summed E-state index contributed by atoms with van der Waals surface area (Å²) in [5, 5.41) is 20.7. The molecule has 3 aromatic carbocycles. The second kappa shape index (κ2) is 9.93. The molecule has 0 spiro atoms. The molecule has 160 valence electrons. The van der Waals surface area contributed by atoms with Crippen molar-refractivity contribution >= 4 is 28.1 Å². The molecule has 0 saturated carbocycles. The van der Waals surface area contributed by atoms with E-state index < -0.39 is 5.91 Å². The molecule has 1 amide bonds. The lowest BCUT2D eigenvalue weighted by Crippen LogP contribution is -2.18. The van der Waals surface area contributed by atoms with Crippen LogP contribution >= 0.6 is 15.9 Å². The van der Waals surface area contributed by atoms with Crippen molar-refractivity contribution in [3.05, 3.63) is 100 Å². The topological polar surface area (TPSA) is 99.6 Å². The van der Waals surface area contributed by atoms with Gasteiger partial charge in [0.25, 0.3) is 5.91 Å². The number of ether oxygens (including phenoxy) is 1. The number of nitrogens with one attached hydrogen (secondary N) is 2. The van der Waals surface area contributed by atoms with Crippen LogP contribution < -0.4 is 10.2 Å². The molecule has 0 aliphatic rings. The van der Waals surface area contributed by atoms with Crippen molar-refractivity contribution in [2.24, 2.45) is 5.10 Å². The number of carbonyl (C=O) groups is 1. The number of amides is 1. The van der Waals surface area contributed by atoms with Crippen LogP contribution in [0.25, 0.3) is 11.3 Å². The van der Waals surface area contributed by atoms with Crippen LogP contribution in [-0.2, 0) is 6.61 Å². The second-order valence-corrected chi connectivity index (χ2v) is 7.76. The average molecular weight is 491 g/mol. The van der Waals surface area contributed by atoms with Gasteiger partial charge in [0.15, 0.2) is 0 Å². The zero-order chi connectivity index (χ0) is 22.3. The van der Waals surface area contributed by atoms with Crippen molar-refractivity contribution in [1.29, 1.82) is 0 Å². The number of carbonyl (C=O) groups excluding carboxylic acids is 1. The van der Waals surface area contributed by atoms with Crippen LogP contribution in [0.4, 0.5) is 0 Å². The molecule has 7 nitrogen and oxygen atoms in total. The van der Waals surface area contributed by atoms with Crippen LogP contribution in [0.1, 0.15) is 21.6 Å². The molecule has 3 N–H and O–H groups in total. The number of aromatic amines is 1. The molecule has 0 radical (unpaired) electrons. The number of phenols is 1. The summed E-state index contributed by atoms with van der Waals surface area (Å²) in [6.07, 6.45) is 1.36. The number of aromatic hydroxyl groups is 1. The number of hydrazone groups is 1. The highest BCUT2D eigenvalue weighted by atomic mass is 79.9. The minimum absolute atomic E-state index is 0.0575. The van der Waals surface area contributed by atoms with E-state index in [0.29, 0.717) is 23.6 Å². The first-order chi connectivity index (χ1) is 15.6. The van der Waals surface area contributed by atoms with Crippen molar-refractivity contribution < 1.29 is 14.6 Å². The molecule has 0 bridgehead atoms. The number of halogens is 1. The SMILES string of the molecule is O=C(N/N=C/c1cc(Br)ccc1O)c1cc(-c2ccccc2OCc2ccccc2)n[nH]1. The standard InChI is InChI=1S/C24H19BrN4O3/c25-18-10-11-22(30)17(12-18)14-26-29-24(31)21-13-20(27-28-21)19-8-4-5-9-23(19)32-15-16-6-2-1-3-7-16/h1-14,30H,15H2,(H,27,28)(H,29,31)/b26-14+. The number of benzene rings is 3. The predicted molar refractivity (Wildman–Crippen MR) is 126 cm³/mol. The molecule has 4 aromatic rings. The van der Waals surface area contributed by atoms with E-state index >= 15 is 0 Å². The molecule has 0 fully saturated rings. The summed E-state index contributed by atoms with van der Waals surface area (Å²) in [4.78, 5) is 12.4. The van der Waals surface area contributed by atoms with E-state index in [0.717, 1.165) is 15.6 Å². The van der Waals surface area contributed by atoms with Gasteiger partial charge in [-0.15, -0.1) is 0 Å². The summed E-state index contributed by atoms with van der Waals surface area (Å²) in [5.74, 6) is 0.261. The second-order valence-electron chi connectivity index (χ2n) is 6.84. The Hall–Kier alpha value is -3.91. The van der Waals surface area contributed by atoms with Gasteiger partial charge in [0.05, 0.1) is 11.9 Å². The van der Waals surface area contributed by atoms with Crippen LogP contribution in [0.15, 0.2) is 88.4 Å². The van der Waals surface area contributed by atoms with E-state index in [1.165, 1.54) is 12.3 Å². The number of H-pyrrole nitrogens is 1. The number of rotatable bonds is 7. The Morgan fingerprint density at radius 2 is 1.88 bits per heavy atom. The number of hydrogen-bond donors (Lipinski definition) is 3. The van der Waals surface area contributed by atoms with Crippen LogP contribution in [0.5, 0.6) is 11.5 Å². The fraction of sp³-hybridized carbons (Fsp3) is 0.0417. The van der Waals surface area contributed by atoms with Crippen LogP contribution in [0.3, 0.4) is 0 Å². The van der Waals surface area contributed by atoms with E-state index in [1.54, 1.807) is 18.2 Å². The molecular weight excluding hydrogens is 472 g/mol. The van der Waals surface area contributed by atoms with E-state index in [-0.39, 0.29) is 11.4 Å². The molecule has 1 heterocycles. The van der Waals surface area contributed by atoms with Crippen LogP contribution in [-0.4, -0.2) is 27.4 Å². The molecule has 4 rings (SSSR count). The molecule has 0 unspecified atom stereocenters. The summed E-state index contributed by atoms with van der Waals surface area (Å²) >= 11 is 3.33. The van der Waals surface area contributed by atoms with E-state index in [1.807, 2.05) is 54.6 Å². The maximum absolute atomic E-state index is 12.4. The zero-order valence-corrected chi connectivity index (χ0v) is 18.4.